The number of ether oxygens (including phenoxy) is 1. The predicted octanol–water partition coefficient (Wildman–Crippen LogP) is 3.24. The van der Waals surface area contributed by atoms with Gasteiger partial charge < -0.3 is 9.64 Å². The molecular weight excluding hydrogens is 392 g/mol. The normalized spacial score (nSPS) is 15.1. The van der Waals surface area contributed by atoms with Crippen LogP contribution in [-0.4, -0.2) is 55.2 Å². The maximum atomic E-state index is 12.6. The summed E-state index contributed by atoms with van der Waals surface area (Å²) < 4.78 is 9.00. The van der Waals surface area contributed by atoms with Crippen LogP contribution in [-0.2, 0) is 11.2 Å². The van der Waals surface area contributed by atoms with Crippen molar-refractivity contribution in [1.82, 2.24) is 29.1 Å². The van der Waals surface area contributed by atoms with Crippen molar-refractivity contribution in [3.05, 3.63) is 48.5 Å². The Kier molecular flexibility index (Phi) is 5.05. The van der Waals surface area contributed by atoms with Crippen molar-refractivity contribution in [3.63, 3.8) is 0 Å². The van der Waals surface area contributed by atoms with E-state index in [4.69, 9.17) is 4.74 Å². The molecule has 0 saturated carbocycles. The summed E-state index contributed by atoms with van der Waals surface area (Å²) in [6, 6.07) is 9.82. The Labute approximate surface area is 180 Å². The van der Waals surface area contributed by atoms with Crippen molar-refractivity contribution in [2.24, 2.45) is 5.92 Å². The number of hydrogen-bond donors (Lipinski definition) is 0. The molecular formula is C23H26N6O2. The van der Waals surface area contributed by atoms with Gasteiger partial charge in [0.05, 0.1) is 12.8 Å². The van der Waals surface area contributed by atoms with Crippen LogP contribution in [0.2, 0.25) is 0 Å². The first-order valence-electron chi connectivity index (χ1n) is 10.8. The molecule has 31 heavy (non-hydrogen) atoms. The first-order chi connectivity index (χ1) is 15.1. The summed E-state index contributed by atoms with van der Waals surface area (Å²) in [6.45, 7) is 3.98. The molecule has 0 aliphatic carbocycles. The Balaban J connectivity index is 1.37. The number of nitrogens with zero attached hydrogens (tertiary/aromatic N) is 6. The van der Waals surface area contributed by atoms with Crippen LogP contribution in [0.15, 0.2) is 42.7 Å². The average Bonchev–Trinajstić information content (AvgIpc) is 3.42. The van der Waals surface area contributed by atoms with Crippen molar-refractivity contribution in [2.75, 3.05) is 20.2 Å². The molecule has 0 spiro atoms. The van der Waals surface area contributed by atoms with Gasteiger partial charge in [0, 0.05) is 43.9 Å². The molecule has 3 aromatic heterocycles. The van der Waals surface area contributed by atoms with E-state index in [0.717, 1.165) is 59.9 Å². The Hall–Kier alpha value is -3.42. The van der Waals surface area contributed by atoms with E-state index in [0.29, 0.717) is 18.8 Å². The van der Waals surface area contributed by atoms with Crippen LogP contribution >= 0.6 is 0 Å². The zero-order chi connectivity index (χ0) is 21.4. The zero-order valence-electron chi connectivity index (χ0n) is 17.9. The van der Waals surface area contributed by atoms with Gasteiger partial charge in [0.25, 0.3) is 0 Å². The molecule has 1 amide bonds. The zero-order valence-corrected chi connectivity index (χ0v) is 17.9. The van der Waals surface area contributed by atoms with Gasteiger partial charge in [-0.3, -0.25) is 9.20 Å². The molecule has 160 valence electrons. The number of benzene rings is 1. The molecule has 1 aliphatic heterocycles. The Bertz CT molecular complexity index is 1220. The number of methoxy groups -OCH3 is 1. The lowest BCUT2D eigenvalue weighted by molar-refractivity contribution is -0.132. The average molecular weight is 419 g/mol. The first kappa shape index (κ1) is 19.5. The highest BCUT2D eigenvalue weighted by atomic mass is 16.5. The minimum absolute atomic E-state index is 0.205. The summed E-state index contributed by atoms with van der Waals surface area (Å²) in [5.41, 5.74) is 3.48. The highest BCUT2D eigenvalue weighted by Gasteiger charge is 2.21. The van der Waals surface area contributed by atoms with Crippen LogP contribution in [0.4, 0.5) is 0 Å². The van der Waals surface area contributed by atoms with Gasteiger partial charge in [-0.1, -0.05) is 6.92 Å². The van der Waals surface area contributed by atoms with Crippen molar-refractivity contribution in [3.8, 4) is 17.0 Å². The van der Waals surface area contributed by atoms with E-state index in [2.05, 4.69) is 22.2 Å². The van der Waals surface area contributed by atoms with E-state index >= 15 is 0 Å². The number of carbonyl (C=O) groups excluding carboxylic acids is 1. The van der Waals surface area contributed by atoms with Crippen LogP contribution < -0.4 is 4.74 Å². The molecule has 0 radical (unpaired) electrons. The maximum absolute atomic E-state index is 12.6. The topological polar surface area (TPSA) is 77.0 Å². The number of piperidine rings is 1. The van der Waals surface area contributed by atoms with Gasteiger partial charge in [0.15, 0.2) is 5.65 Å². The van der Waals surface area contributed by atoms with Gasteiger partial charge in [-0.15, -0.1) is 10.2 Å². The summed E-state index contributed by atoms with van der Waals surface area (Å²) in [5.74, 6) is 2.52. The maximum Gasteiger partial charge on any atom is 0.223 e. The molecule has 1 fully saturated rings. The molecule has 1 aromatic carbocycles. The number of carbonyl (C=O) groups is 1. The number of rotatable bonds is 5. The number of aryl methyl sites for hydroxylation is 1. The number of amides is 1. The van der Waals surface area contributed by atoms with Crippen molar-refractivity contribution in [1.29, 1.82) is 0 Å². The second-order valence-electron chi connectivity index (χ2n) is 8.26. The van der Waals surface area contributed by atoms with Gasteiger partial charge in [0.1, 0.15) is 17.1 Å². The smallest absolute Gasteiger partial charge is 0.223 e. The Morgan fingerprint density at radius 3 is 2.65 bits per heavy atom. The second-order valence-corrected chi connectivity index (χ2v) is 8.26. The quantitative estimate of drug-likeness (QED) is 0.497. The fourth-order valence-corrected chi connectivity index (χ4v) is 4.17. The summed E-state index contributed by atoms with van der Waals surface area (Å²) in [6.07, 6.45) is 7.02. The molecule has 0 unspecified atom stereocenters. The molecule has 0 bridgehead atoms. The molecule has 8 nitrogen and oxygen atoms in total. The third-order valence-electron chi connectivity index (χ3n) is 6.17. The minimum Gasteiger partial charge on any atom is -0.497 e. The van der Waals surface area contributed by atoms with Crippen molar-refractivity contribution < 1.29 is 9.53 Å². The molecule has 0 atom stereocenters. The fourth-order valence-electron chi connectivity index (χ4n) is 4.17. The molecule has 0 N–H and O–H groups in total. The SMILES string of the molecule is COc1ccc(-c2cc3c4nnc(CCC(=O)N5CCC(C)CC5)n4ccn3n2)cc1. The van der Waals surface area contributed by atoms with Gasteiger partial charge in [-0.2, -0.15) is 5.10 Å². The molecule has 1 aliphatic rings. The molecule has 4 aromatic rings. The number of aromatic nitrogens is 5. The predicted molar refractivity (Wildman–Crippen MR) is 117 cm³/mol. The summed E-state index contributed by atoms with van der Waals surface area (Å²) >= 11 is 0. The Morgan fingerprint density at radius 2 is 1.90 bits per heavy atom. The van der Waals surface area contributed by atoms with Crippen molar-refractivity contribution in [2.45, 2.75) is 32.6 Å². The molecule has 8 heteroatoms. The van der Waals surface area contributed by atoms with Gasteiger partial charge in [-0.25, -0.2) is 4.52 Å². The molecule has 4 heterocycles. The lowest BCUT2D eigenvalue weighted by atomic mass is 9.99. The van der Waals surface area contributed by atoms with E-state index in [9.17, 15) is 4.79 Å². The summed E-state index contributed by atoms with van der Waals surface area (Å²) in [4.78, 5) is 14.6. The van der Waals surface area contributed by atoms with E-state index in [-0.39, 0.29) is 5.91 Å². The second kappa shape index (κ2) is 8.02. The van der Waals surface area contributed by atoms with Gasteiger partial charge >= 0.3 is 0 Å². The van der Waals surface area contributed by atoms with E-state index in [1.165, 1.54) is 0 Å². The van der Waals surface area contributed by atoms with Crippen molar-refractivity contribution >= 4 is 17.1 Å². The lowest BCUT2D eigenvalue weighted by Crippen LogP contribution is -2.38. The monoisotopic (exact) mass is 418 g/mol. The summed E-state index contributed by atoms with van der Waals surface area (Å²) in [7, 11) is 1.65. The van der Waals surface area contributed by atoms with Crippen LogP contribution in [0.3, 0.4) is 0 Å². The van der Waals surface area contributed by atoms with Crippen LogP contribution in [0.1, 0.15) is 32.0 Å². The molecule has 1 saturated heterocycles. The van der Waals surface area contributed by atoms with Gasteiger partial charge in [0.2, 0.25) is 5.91 Å². The highest BCUT2D eigenvalue weighted by Crippen LogP contribution is 2.24. The van der Waals surface area contributed by atoms with E-state index < -0.39 is 0 Å². The first-order valence-corrected chi connectivity index (χ1v) is 10.8. The Morgan fingerprint density at radius 1 is 1.13 bits per heavy atom. The minimum atomic E-state index is 0.205. The number of fused-ring (bicyclic) bond motifs is 3. The summed E-state index contributed by atoms with van der Waals surface area (Å²) in [5, 5.41) is 13.4. The fraction of sp³-hybridized carbons (Fsp3) is 0.391. The molecule has 5 rings (SSSR count). The third-order valence-corrected chi connectivity index (χ3v) is 6.17. The number of likely N-dealkylation sites (tertiary alicyclic amines) is 1. The third kappa shape index (κ3) is 3.73. The largest absolute Gasteiger partial charge is 0.497 e. The van der Waals surface area contributed by atoms with Crippen LogP contribution in [0, 0.1) is 5.92 Å². The van der Waals surface area contributed by atoms with Crippen LogP contribution in [0.5, 0.6) is 5.75 Å². The highest BCUT2D eigenvalue weighted by molar-refractivity contribution is 5.78. The van der Waals surface area contributed by atoms with E-state index in [1.54, 1.807) is 7.11 Å². The van der Waals surface area contributed by atoms with Crippen LogP contribution in [0.25, 0.3) is 22.4 Å². The lowest BCUT2D eigenvalue weighted by Gasteiger charge is -2.30. The van der Waals surface area contributed by atoms with Gasteiger partial charge in [-0.05, 0) is 49.1 Å². The van der Waals surface area contributed by atoms with E-state index in [1.807, 2.05) is 56.5 Å². The number of hydrogen-bond acceptors (Lipinski definition) is 5. The standard InChI is InChI=1S/C23H26N6O2/c1-16-9-11-27(12-10-16)22(30)8-7-21-24-25-23-20-15-19(26-29(20)14-13-28(21)23)17-3-5-18(31-2)6-4-17/h3-6,13-16H,7-12H2,1-2H3.